The van der Waals surface area contributed by atoms with E-state index in [1.807, 2.05) is 61.0 Å². The lowest BCUT2D eigenvalue weighted by atomic mass is 9.80. The van der Waals surface area contributed by atoms with E-state index in [4.69, 9.17) is 0 Å². The van der Waals surface area contributed by atoms with E-state index in [-0.39, 0.29) is 5.91 Å². The number of aryl methyl sites for hydroxylation is 1. The molecule has 34 heavy (non-hydrogen) atoms. The lowest BCUT2D eigenvalue weighted by molar-refractivity contribution is -0.121. The summed E-state index contributed by atoms with van der Waals surface area (Å²) in [4.78, 5) is 14.4. The van der Waals surface area contributed by atoms with Crippen LogP contribution in [0, 0.1) is 0 Å². The van der Waals surface area contributed by atoms with Gasteiger partial charge in [0.15, 0.2) is 0 Å². The van der Waals surface area contributed by atoms with Crippen molar-refractivity contribution in [2.75, 3.05) is 19.1 Å². The topological polar surface area (TPSA) is 49.3 Å². The summed E-state index contributed by atoms with van der Waals surface area (Å²) < 4.78 is 0. The minimum absolute atomic E-state index is 0.0967. The Morgan fingerprint density at radius 3 is 1.71 bits per heavy atom. The quantitative estimate of drug-likeness (QED) is 0.168. The third kappa shape index (κ3) is 6.68. The van der Waals surface area contributed by atoms with Gasteiger partial charge < -0.3 is 10.4 Å². The number of carbonyl (C=O) groups is 1. The lowest BCUT2D eigenvalue weighted by Crippen LogP contribution is -2.29. The van der Waals surface area contributed by atoms with Crippen molar-refractivity contribution in [2.45, 2.75) is 54.4 Å². The van der Waals surface area contributed by atoms with Gasteiger partial charge in [0, 0.05) is 22.8 Å². The monoisotopic (exact) mass is 493 g/mol. The number of hydrogen-bond acceptors (Lipinski definition) is 4. The van der Waals surface area contributed by atoms with Crippen LogP contribution in [0.25, 0.3) is 0 Å². The summed E-state index contributed by atoms with van der Waals surface area (Å²) in [6, 6.07) is 24.2. The summed E-state index contributed by atoms with van der Waals surface area (Å²) in [6.07, 6.45) is 8.58. The van der Waals surface area contributed by atoms with E-state index in [9.17, 15) is 9.90 Å². The number of rotatable bonds is 12. The van der Waals surface area contributed by atoms with Gasteiger partial charge in [-0.1, -0.05) is 68.3 Å². The van der Waals surface area contributed by atoms with Crippen molar-refractivity contribution in [1.82, 2.24) is 5.32 Å². The highest BCUT2D eigenvalue weighted by molar-refractivity contribution is 7.98. The average Bonchev–Trinajstić information content (AvgIpc) is 2.90. The highest BCUT2D eigenvalue weighted by Gasteiger charge is 2.33. The van der Waals surface area contributed by atoms with E-state index in [1.54, 1.807) is 23.5 Å². The van der Waals surface area contributed by atoms with E-state index in [2.05, 4.69) is 36.5 Å². The molecule has 0 radical (unpaired) electrons. The van der Waals surface area contributed by atoms with Crippen LogP contribution in [0.3, 0.4) is 0 Å². The van der Waals surface area contributed by atoms with E-state index in [0.29, 0.717) is 12.8 Å². The maximum Gasteiger partial charge on any atom is 0.220 e. The Labute approximate surface area is 212 Å². The summed E-state index contributed by atoms with van der Waals surface area (Å²) in [5.74, 6) is 0.0967. The SMILES string of the molecule is CCCCCNC(=O)CCc1ccc(C(O)(c2ccc(SC)cc2)c2ccc(SC)cc2)cc1. The number of carbonyl (C=O) groups excluding carboxylic acids is 1. The zero-order valence-electron chi connectivity index (χ0n) is 20.3. The fraction of sp³-hybridized carbons (Fsp3) is 0.345. The predicted octanol–water partition coefficient (Wildman–Crippen LogP) is 6.65. The molecule has 3 aromatic carbocycles. The van der Waals surface area contributed by atoms with Gasteiger partial charge in [-0.3, -0.25) is 4.79 Å². The zero-order chi connectivity index (χ0) is 24.4. The molecule has 0 aliphatic heterocycles. The number of amides is 1. The van der Waals surface area contributed by atoms with Crippen LogP contribution in [-0.2, 0) is 16.8 Å². The molecule has 0 aliphatic rings. The van der Waals surface area contributed by atoms with E-state index >= 15 is 0 Å². The molecule has 5 heteroatoms. The van der Waals surface area contributed by atoms with Gasteiger partial charge >= 0.3 is 0 Å². The van der Waals surface area contributed by atoms with Crippen LogP contribution in [0.2, 0.25) is 0 Å². The number of aliphatic hydroxyl groups is 1. The number of hydrogen-bond donors (Lipinski definition) is 2. The Bertz CT molecular complexity index is 984. The molecule has 0 heterocycles. The predicted molar refractivity (Wildman–Crippen MR) is 146 cm³/mol. The maximum atomic E-state index is 12.1. The Morgan fingerprint density at radius 2 is 1.26 bits per heavy atom. The second-order valence-electron chi connectivity index (χ2n) is 8.42. The van der Waals surface area contributed by atoms with Crippen molar-refractivity contribution >= 4 is 29.4 Å². The summed E-state index contributed by atoms with van der Waals surface area (Å²) in [5.41, 5.74) is 2.31. The van der Waals surface area contributed by atoms with Crippen molar-refractivity contribution in [3.05, 3.63) is 95.1 Å². The van der Waals surface area contributed by atoms with Crippen LogP contribution < -0.4 is 5.32 Å². The molecule has 0 aromatic heterocycles. The van der Waals surface area contributed by atoms with Gasteiger partial charge in [0.2, 0.25) is 5.91 Å². The molecule has 0 unspecified atom stereocenters. The van der Waals surface area contributed by atoms with Crippen LogP contribution in [0.1, 0.15) is 54.9 Å². The smallest absolute Gasteiger partial charge is 0.220 e. The minimum Gasteiger partial charge on any atom is -0.376 e. The lowest BCUT2D eigenvalue weighted by Gasteiger charge is -2.30. The molecule has 0 aliphatic carbocycles. The largest absolute Gasteiger partial charge is 0.376 e. The third-order valence-electron chi connectivity index (χ3n) is 6.13. The molecule has 3 nitrogen and oxygen atoms in total. The maximum absolute atomic E-state index is 12.1. The molecular formula is C29H35NO2S2. The molecule has 0 saturated carbocycles. The molecule has 1 amide bonds. The number of nitrogens with one attached hydrogen (secondary N) is 1. The molecular weight excluding hydrogens is 458 g/mol. The fourth-order valence-corrected chi connectivity index (χ4v) is 4.84. The van der Waals surface area contributed by atoms with Crippen molar-refractivity contribution in [2.24, 2.45) is 0 Å². The van der Waals surface area contributed by atoms with E-state index in [1.165, 1.54) is 0 Å². The van der Waals surface area contributed by atoms with Gasteiger partial charge in [0.25, 0.3) is 0 Å². The summed E-state index contributed by atoms with van der Waals surface area (Å²) in [5, 5.41) is 15.1. The van der Waals surface area contributed by atoms with Crippen LogP contribution in [-0.4, -0.2) is 30.1 Å². The normalized spacial score (nSPS) is 11.4. The molecule has 0 spiro atoms. The molecule has 180 valence electrons. The first-order chi connectivity index (χ1) is 16.5. The number of unbranched alkanes of at least 4 members (excludes halogenated alkanes) is 2. The Morgan fingerprint density at radius 1 is 0.794 bits per heavy atom. The van der Waals surface area contributed by atoms with Crippen molar-refractivity contribution in [3.63, 3.8) is 0 Å². The van der Waals surface area contributed by atoms with Crippen LogP contribution in [0.5, 0.6) is 0 Å². The molecule has 2 N–H and O–H groups in total. The standard InChI is InChI=1S/C29H35NO2S2/c1-4-5-6-21-30-28(31)20-9-22-7-10-23(11-8-22)29(32,24-12-16-26(33-2)17-13-24)25-14-18-27(34-3)19-15-25/h7-8,10-19,32H,4-6,9,20-21H2,1-3H3,(H,30,31). The average molecular weight is 494 g/mol. The number of benzene rings is 3. The van der Waals surface area contributed by atoms with Gasteiger partial charge in [-0.2, -0.15) is 0 Å². The molecule has 3 rings (SSSR count). The minimum atomic E-state index is -1.26. The van der Waals surface area contributed by atoms with Gasteiger partial charge in [-0.15, -0.1) is 23.5 Å². The van der Waals surface area contributed by atoms with Gasteiger partial charge in [-0.05, 0) is 71.9 Å². The fourth-order valence-electron chi connectivity index (χ4n) is 4.03. The van der Waals surface area contributed by atoms with Crippen molar-refractivity contribution in [1.29, 1.82) is 0 Å². The first-order valence-electron chi connectivity index (χ1n) is 11.9. The molecule has 0 atom stereocenters. The third-order valence-corrected chi connectivity index (χ3v) is 7.62. The second-order valence-corrected chi connectivity index (χ2v) is 10.2. The zero-order valence-corrected chi connectivity index (χ0v) is 22.0. The van der Waals surface area contributed by atoms with Crippen LogP contribution in [0.15, 0.2) is 82.6 Å². The van der Waals surface area contributed by atoms with Crippen molar-refractivity contribution < 1.29 is 9.90 Å². The van der Waals surface area contributed by atoms with Crippen LogP contribution >= 0.6 is 23.5 Å². The van der Waals surface area contributed by atoms with Crippen LogP contribution in [0.4, 0.5) is 0 Å². The second kappa shape index (κ2) is 13.0. The van der Waals surface area contributed by atoms with Gasteiger partial charge in [-0.25, -0.2) is 0 Å². The van der Waals surface area contributed by atoms with Gasteiger partial charge in [0.1, 0.15) is 5.60 Å². The van der Waals surface area contributed by atoms with E-state index < -0.39 is 5.60 Å². The summed E-state index contributed by atoms with van der Waals surface area (Å²) in [7, 11) is 0. The van der Waals surface area contributed by atoms with Crippen molar-refractivity contribution in [3.8, 4) is 0 Å². The highest BCUT2D eigenvalue weighted by Crippen LogP contribution is 2.38. The molecule has 0 fully saturated rings. The Balaban J connectivity index is 1.81. The van der Waals surface area contributed by atoms with E-state index in [0.717, 1.165) is 57.9 Å². The first-order valence-corrected chi connectivity index (χ1v) is 14.3. The molecule has 3 aromatic rings. The molecule has 0 saturated heterocycles. The summed E-state index contributed by atoms with van der Waals surface area (Å²) in [6.45, 7) is 2.91. The Kier molecular flexibility index (Phi) is 10.1. The van der Waals surface area contributed by atoms with Gasteiger partial charge in [0.05, 0.1) is 0 Å². The highest BCUT2D eigenvalue weighted by atomic mass is 32.2. The molecule has 0 bridgehead atoms. The Hall–Kier alpha value is -2.21. The first kappa shape index (κ1) is 26.4. The summed E-state index contributed by atoms with van der Waals surface area (Å²) >= 11 is 3.37. The number of thioether (sulfide) groups is 2.